The summed E-state index contributed by atoms with van der Waals surface area (Å²) in [5, 5.41) is 0. The normalized spacial score (nSPS) is 15.0. The molecule has 1 heterocycles. The summed E-state index contributed by atoms with van der Waals surface area (Å²) in [4.78, 5) is 28.0. The number of likely N-dealkylation sites (tertiary alicyclic amines) is 1. The predicted molar refractivity (Wildman–Crippen MR) is 104 cm³/mol. The van der Waals surface area contributed by atoms with Gasteiger partial charge in [-0.2, -0.15) is 0 Å². The van der Waals surface area contributed by atoms with Gasteiger partial charge in [0.2, 0.25) is 11.7 Å². The lowest BCUT2D eigenvalue weighted by Crippen LogP contribution is -2.43. The Bertz CT molecular complexity index is 686. The molecule has 1 aromatic rings. The van der Waals surface area contributed by atoms with Crippen molar-refractivity contribution in [2.75, 3.05) is 55.1 Å². The van der Waals surface area contributed by atoms with Crippen LogP contribution < -0.4 is 14.2 Å². The number of hydrogen-bond acceptors (Lipinski definition) is 7. The van der Waals surface area contributed by atoms with E-state index in [-0.39, 0.29) is 17.8 Å². The quantitative estimate of drug-likeness (QED) is 0.619. The molecule has 0 aliphatic carbocycles. The number of benzene rings is 1. The second-order valence-electron chi connectivity index (χ2n) is 6.82. The van der Waals surface area contributed by atoms with Crippen molar-refractivity contribution in [2.24, 2.45) is 5.92 Å². The standard InChI is InChI=1S/C20H30N2O6/c1-21(12-15-6-7-16(25-2)19(27-4)18(15)26-3)17(23)13-22-10-8-14(9-11-22)20(24)28-5/h6-7,14H,8-13H2,1-5H3. The monoisotopic (exact) mass is 394 g/mol. The summed E-state index contributed by atoms with van der Waals surface area (Å²) in [5.41, 5.74) is 0.834. The molecule has 0 bridgehead atoms. The molecule has 2 rings (SSSR count). The van der Waals surface area contributed by atoms with Gasteiger partial charge in [-0.1, -0.05) is 0 Å². The number of nitrogens with zero attached hydrogens (tertiary/aromatic N) is 2. The van der Waals surface area contributed by atoms with Crippen molar-refractivity contribution in [3.05, 3.63) is 17.7 Å². The summed E-state index contributed by atoms with van der Waals surface area (Å²) >= 11 is 0. The van der Waals surface area contributed by atoms with Gasteiger partial charge in [-0.3, -0.25) is 14.5 Å². The van der Waals surface area contributed by atoms with Gasteiger partial charge in [-0.15, -0.1) is 0 Å². The number of ether oxygens (including phenoxy) is 4. The first-order valence-electron chi connectivity index (χ1n) is 9.27. The highest BCUT2D eigenvalue weighted by Gasteiger charge is 2.27. The Hall–Kier alpha value is -2.48. The Morgan fingerprint density at radius 2 is 1.68 bits per heavy atom. The maximum atomic E-state index is 12.7. The molecule has 1 fully saturated rings. The number of hydrogen-bond donors (Lipinski definition) is 0. The van der Waals surface area contributed by atoms with E-state index < -0.39 is 0 Å². The molecule has 0 aromatic heterocycles. The minimum absolute atomic E-state index is 0.00774. The molecule has 1 amide bonds. The van der Waals surface area contributed by atoms with E-state index in [1.165, 1.54) is 7.11 Å². The number of carbonyl (C=O) groups is 2. The highest BCUT2D eigenvalue weighted by molar-refractivity contribution is 5.78. The maximum Gasteiger partial charge on any atom is 0.308 e. The van der Waals surface area contributed by atoms with E-state index in [0.29, 0.717) is 56.3 Å². The van der Waals surface area contributed by atoms with Gasteiger partial charge < -0.3 is 23.8 Å². The largest absolute Gasteiger partial charge is 0.493 e. The van der Waals surface area contributed by atoms with E-state index in [2.05, 4.69) is 4.90 Å². The molecule has 1 aliphatic heterocycles. The van der Waals surface area contributed by atoms with Gasteiger partial charge in [0.15, 0.2) is 11.5 Å². The van der Waals surface area contributed by atoms with Crippen LogP contribution in [0.1, 0.15) is 18.4 Å². The third-order valence-electron chi connectivity index (χ3n) is 5.10. The number of piperidine rings is 1. The lowest BCUT2D eigenvalue weighted by molar-refractivity contribution is -0.147. The van der Waals surface area contributed by atoms with Crippen molar-refractivity contribution in [1.82, 2.24) is 9.80 Å². The molecule has 0 atom stereocenters. The van der Waals surface area contributed by atoms with Gasteiger partial charge in [0, 0.05) is 19.2 Å². The van der Waals surface area contributed by atoms with Gasteiger partial charge >= 0.3 is 5.97 Å². The Kier molecular flexibility index (Phi) is 7.92. The zero-order chi connectivity index (χ0) is 20.7. The van der Waals surface area contributed by atoms with Crippen molar-refractivity contribution in [3.8, 4) is 17.2 Å². The molecule has 1 saturated heterocycles. The fourth-order valence-electron chi connectivity index (χ4n) is 3.44. The smallest absolute Gasteiger partial charge is 0.308 e. The topological polar surface area (TPSA) is 77.5 Å². The van der Waals surface area contributed by atoms with Crippen LogP contribution >= 0.6 is 0 Å². The molecule has 0 radical (unpaired) electrons. The maximum absolute atomic E-state index is 12.7. The number of rotatable bonds is 8. The Morgan fingerprint density at radius 1 is 1.04 bits per heavy atom. The summed E-state index contributed by atoms with van der Waals surface area (Å²) < 4.78 is 21.0. The van der Waals surface area contributed by atoms with Crippen molar-refractivity contribution in [1.29, 1.82) is 0 Å². The van der Waals surface area contributed by atoms with Crippen molar-refractivity contribution >= 4 is 11.9 Å². The van der Waals surface area contributed by atoms with Gasteiger partial charge in [0.1, 0.15) is 0 Å². The van der Waals surface area contributed by atoms with E-state index in [4.69, 9.17) is 18.9 Å². The molecular weight excluding hydrogens is 364 g/mol. The third kappa shape index (κ3) is 5.07. The van der Waals surface area contributed by atoms with Crippen molar-refractivity contribution in [2.45, 2.75) is 19.4 Å². The van der Waals surface area contributed by atoms with E-state index >= 15 is 0 Å². The van der Waals surface area contributed by atoms with E-state index in [9.17, 15) is 9.59 Å². The van der Waals surface area contributed by atoms with E-state index in [1.807, 2.05) is 6.07 Å². The van der Waals surface area contributed by atoms with Crippen LogP contribution in [0.2, 0.25) is 0 Å². The summed E-state index contributed by atoms with van der Waals surface area (Å²) in [6.07, 6.45) is 1.43. The van der Waals surface area contributed by atoms with Crippen LogP contribution in [-0.2, 0) is 20.9 Å². The lowest BCUT2D eigenvalue weighted by atomic mass is 9.97. The molecule has 8 nitrogen and oxygen atoms in total. The molecule has 28 heavy (non-hydrogen) atoms. The summed E-state index contributed by atoms with van der Waals surface area (Å²) in [6, 6.07) is 3.67. The Labute approximate surface area is 166 Å². The van der Waals surface area contributed by atoms with Crippen LogP contribution in [-0.4, -0.2) is 76.8 Å². The highest BCUT2D eigenvalue weighted by atomic mass is 16.5. The number of amides is 1. The molecule has 1 aliphatic rings. The molecule has 0 saturated carbocycles. The lowest BCUT2D eigenvalue weighted by Gasteiger charge is -2.31. The first-order chi connectivity index (χ1) is 13.4. The third-order valence-corrected chi connectivity index (χ3v) is 5.10. The molecule has 8 heteroatoms. The molecule has 0 N–H and O–H groups in total. The van der Waals surface area contributed by atoms with E-state index in [1.54, 1.807) is 39.3 Å². The zero-order valence-electron chi connectivity index (χ0n) is 17.3. The van der Waals surface area contributed by atoms with Crippen LogP contribution in [0.15, 0.2) is 12.1 Å². The number of likely N-dealkylation sites (N-methyl/N-ethyl adjacent to an activating group) is 1. The van der Waals surface area contributed by atoms with Crippen LogP contribution in [0.5, 0.6) is 17.2 Å². The van der Waals surface area contributed by atoms with Crippen LogP contribution in [0.3, 0.4) is 0 Å². The second kappa shape index (κ2) is 10.2. The van der Waals surface area contributed by atoms with Crippen LogP contribution in [0.25, 0.3) is 0 Å². The minimum atomic E-state index is -0.163. The summed E-state index contributed by atoms with van der Waals surface area (Å²) in [5.74, 6) is 1.42. The average molecular weight is 394 g/mol. The van der Waals surface area contributed by atoms with Crippen LogP contribution in [0.4, 0.5) is 0 Å². The number of methoxy groups -OCH3 is 4. The van der Waals surface area contributed by atoms with Gasteiger partial charge in [-0.05, 0) is 38.1 Å². The SMILES string of the molecule is COC(=O)C1CCN(CC(=O)N(C)Cc2ccc(OC)c(OC)c2OC)CC1. The zero-order valence-corrected chi connectivity index (χ0v) is 17.3. The number of esters is 1. The second-order valence-corrected chi connectivity index (χ2v) is 6.82. The minimum Gasteiger partial charge on any atom is -0.493 e. The van der Waals surface area contributed by atoms with Crippen molar-refractivity contribution < 1.29 is 28.5 Å². The Morgan fingerprint density at radius 3 is 2.21 bits per heavy atom. The van der Waals surface area contributed by atoms with Gasteiger partial charge in [-0.25, -0.2) is 0 Å². The molecular formula is C20H30N2O6. The molecule has 1 aromatic carbocycles. The molecule has 0 spiro atoms. The van der Waals surface area contributed by atoms with Gasteiger partial charge in [0.05, 0.1) is 40.9 Å². The van der Waals surface area contributed by atoms with Crippen LogP contribution in [0, 0.1) is 5.92 Å². The number of carbonyl (C=O) groups excluding carboxylic acids is 2. The average Bonchev–Trinajstić information content (AvgIpc) is 2.72. The molecule has 156 valence electrons. The predicted octanol–water partition coefficient (Wildman–Crippen LogP) is 1.56. The fraction of sp³-hybridized carbons (Fsp3) is 0.600. The Balaban J connectivity index is 1.97. The van der Waals surface area contributed by atoms with E-state index in [0.717, 1.165) is 5.56 Å². The first kappa shape index (κ1) is 21.8. The summed E-state index contributed by atoms with van der Waals surface area (Å²) in [6.45, 7) is 2.12. The summed E-state index contributed by atoms with van der Waals surface area (Å²) in [7, 11) is 7.86. The van der Waals surface area contributed by atoms with Gasteiger partial charge in [0.25, 0.3) is 0 Å². The first-order valence-corrected chi connectivity index (χ1v) is 9.27. The molecule has 0 unspecified atom stereocenters. The van der Waals surface area contributed by atoms with Crippen molar-refractivity contribution in [3.63, 3.8) is 0 Å². The fourth-order valence-corrected chi connectivity index (χ4v) is 3.44. The highest BCUT2D eigenvalue weighted by Crippen LogP contribution is 2.40.